The Morgan fingerprint density at radius 1 is 1.24 bits per heavy atom. The molecular weight excluding hydrogens is 352 g/mol. The summed E-state index contributed by atoms with van der Waals surface area (Å²) in [6.07, 6.45) is 3.63. The molecule has 6 nitrogen and oxygen atoms in total. The van der Waals surface area contributed by atoms with E-state index in [0.717, 1.165) is 17.6 Å². The monoisotopic (exact) mass is 368 g/mol. The summed E-state index contributed by atoms with van der Waals surface area (Å²) < 4.78 is 1.10. The molecule has 0 saturated carbocycles. The molecule has 3 rings (SSSR count). The SMILES string of the molecule is Nc1nc(NCc2sccc2Br)nc(N2CCCCC2)n1. The summed E-state index contributed by atoms with van der Waals surface area (Å²) in [6, 6.07) is 2.03. The van der Waals surface area contributed by atoms with Crippen molar-refractivity contribution in [1.82, 2.24) is 15.0 Å². The van der Waals surface area contributed by atoms with Gasteiger partial charge in [0.25, 0.3) is 0 Å². The zero-order chi connectivity index (χ0) is 14.7. The van der Waals surface area contributed by atoms with E-state index < -0.39 is 0 Å². The number of nitrogens with one attached hydrogen (secondary N) is 1. The lowest BCUT2D eigenvalue weighted by atomic mass is 10.1. The highest BCUT2D eigenvalue weighted by molar-refractivity contribution is 9.10. The van der Waals surface area contributed by atoms with E-state index in [1.807, 2.05) is 11.4 Å². The van der Waals surface area contributed by atoms with Crippen molar-refractivity contribution in [2.45, 2.75) is 25.8 Å². The highest BCUT2D eigenvalue weighted by atomic mass is 79.9. The number of hydrogen-bond donors (Lipinski definition) is 2. The Labute approximate surface area is 135 Å². The van der Waals surface area contributed by atoms with E-state index in [1.165, 1.54) is 24.1 Å². The molecule has 1 fully saturated rings. The van der Waals surface area contributed by atoms with Gasteiger partial charge in [-0.05, 0) is 46.6 Å². The summed E-state index contributed by atoms with van der Waals surface area (Å²) in [4.78, 5) is 16.3. The molecule has 0 amide bonds. The van der Waals surface area contributed by atoms with Crippen LogP contribution in [0.3, 0.4) is 0 Å². The number of anilines is 3. The first-order chi connectivity index (χ1) is 10.2. The Kier molecular flexibility index (Phi) is 4.54. The van der Waals surface area contributed by atoms with Gasteiger partial charge in [0.1, 0.15) is 0 Å². The highest BCUT2D eigenvalue weighted by Gasteiger charge is 2.15. The van der Waals surface area contributed by atoms with Crippen molar-refractivity contribution in [3.8, 4) is 0 Å². The van der Waals surface area contributed by atoms with Crippen LogP contribution >= 0.6 is 27.3 Å². The Morgan fingerprint density at radius 2 is 2.05 bits per heavy atom. The molecule has 2 aromatic rings. The fraction of sp³-hybridized carbons (Fsp3) is 0.462. The molecule has 0 aliphatic carbocycles. The number of aromatic nitrogens is 3. The summed E-state index contributed by atoms with van der Waals surface area (Å²) in [6.45, 7) is 2.64. The zero-order valence-corrected chi connectivity index (χ0v) is 14.0. The van der Waals surface area contributed by atoms with Gasteiger partial charge in [-0.1, -0.05) is 0 Å². The fourth-order valence-corrected chi connectivity index (χ4v) is 3.74. The summed E-state index contributed by atoms with van der Waals surface area (Å²) in [5.41, 5.74) is 5.81. The van der Waals surface area contributed by atoms with Gasteiger partial charge in [-0.3, -0.25) is 0 Å². The molecule has 1 aliphatic heterocycles. The quantitative estimate of drug-likeness (QED) is 0.863. The van der Waals surface area contributed by atoms with Crippen LogP contribution in [0.5, 0.6) is 0 Å². The maximum Gasteiger partial charge on any atom is 0.231 e. The molecule has 0 unspecified atom stereocenters. The van der Waals surface area contributed by atoms with Gasteiger partial charge in [0.05, 0.1) is 6.54 Å². The average Bonchev–Trinajstić information content (AvgIpc) is 2.91. The topological polar surface area (TPSA) is 80.0 Å². The van der Waals surface area contributed by atoms with Gasteiger partial charge in [-0.25, -0.2) is 0 Å². The van der Waals surface area contributed by atoms with Gasteiger partial charge in [0.2, 0.25) is 17.8 Å². The van der Waals surface area contributed by atoms with Gasteiger partial charge in [-0.2, -0.15) is 15.0 Å². The fourth-order valence-electron chi connectivity index (χ4n) is 2.31. The smallest absolute Gasteiger partial charge is 0.231 e. The van der Waals surface area contributed by atoms with E-state index in [9.17, 15) is 0 Å². The van der Waals surface area contributed by atoms with E-state index in [2.05, 4.69) is 41.1 Å². The third-order valence-electron chi connectivity index (χ3n) is 3.38. The van der Waals surface area contributed by atoms with Crippen LogP contribution < -0.4 is 16.0 Å². The van der Waals surface area contributed by atoms with Crippen molar-refractivity contribution in [2.24, 2.45) is 0 Å². The molecule has 0 atom stereocenters. The summed E-state index contributed by atoms with van der Waals surface area (Å²) >= 11 is 5.20. The third kappa shape index (κ3) is 3.62. The Balaban J connectivity index is 1.73. The largest absolute Gasteiger partial charge is 0.368 e. The van der Waals surface area contributed by atoms with Gasteiger partial charge >= 0.3 is 0 Å². The van der Waals surface area contributed by atoms with Crippen molar-refractivity contribution in [3.63, 3.8) is 0 Å². The molecule has 3 N–H and O–H groups in total. The number of rotatable bonds is 4. The van der Waals surface area contributed by atoms with Gasteiger partial charge < -0.3 is 16.0 Å². The van der Waals surface area contributed by atoms with Crippen LogP contribution in [0.25, 0.3) is 0 Å². The lowest BCUT2D eigenvalue weighted by Gasteiger charge is -2.26. The molecule has 0 aromatic carbocycles. The van der Waals surface area contributed by atoms with Crippen LogP contribution in [0.1, 0.15) is 24.1 Å². The van der Waals surface area contributed by atoms with Crippen LogP contribution in [0.2, 0.25) is 0 Å². The van der Waals surface area contributed by atoms with Gasteiger partial charge in [0, 0.05) is 22.4 Å². The molecule has 112 valence electrons. The molecular formula is C13H17BrN6S. The van der Waals surface area contributed by atoms with E-state index in [-0.39, 0.29) is 5.95 Å². The molecule has 0 bridgehead atoms. The molecule has 21 heavy (non-hydrogen) atoms. The number of halogens is 1. The van der Waals surface area contributed by atoms with Crippen molar-refractivity contribution < 1.29 is 0 Å². The number of nitrogen functional groups attached to an aromatic ring is 1. The predicted octanol–water partition coefficient (Wildman–Crippen LogP) is 2.88. The Hall–Kier alpha value is -1.41. The number of piperidine rings is 1. The molecule has 0 radical (unpaired) electrons. The first-order valence-corrected chi connectivity index (χ1v) is 8.62. The van der Waals surface area contributed by atoms with Gasteiger partial charge in [-0.15, -0.1) is 11.3 Å². The van der Waals surface area contributed by atoms with Crippen LogP contribution in [0.4, 0.5) is 17.8 Å². The zero-order valence-electron chi connectivity index (χ0n) is 11.5. The first kappa shape index (κ1) is 14.5. The molecule has 8 heteroatoms. The summed E-state index contributed by atoms with van der Waals surface area (Å²) in [7, 11) is 0. The van der Waals surface area contributed by atoms with Crippen LogP contribution in [0.15, 0.2) is 15.9 Å². The van der Waals surface area contributed by atoms with Crippen LogP contribution in [0, 0.1) is 0 Å². The molecule has 1 saturated heterocycles. The Morgan fingerprint density at radius 3 is 2.76 bits per heavy atom. The second kappa shape index (κ2) is 6.57. The molecule has 3 heterocycles. The van der Waals surface area contributed by atoms with E-state index >= 15 is 0 Å². The van der Waals surface area contributed by atoms with Crippen molar-refractivity contribution >= 4 is 45.1 Å². The standard InChI is InChI=1S/C13H17BrN6S/c14-9-4-7-21-10(9)8-16-12-17-11(15)18-13(19-12)20-5-2-1-3-6-20/h4,7H,1-3,5-6,8H2,(H3,15,16,17,18,19). The number of thiophene rings is 1. The number of nitrogens with two attached hydrogens (primary N) is 1. The summed E-state index contributed by atoms with van der Waals surface area (Å²) in [5.74, 6) is 1.47. The second-order valence-corrected chi connectivity index (χ2v) is 6.77. The molecule has 0 spiro atoms. The van der Waals surface area contributed by atoms with Crippen LogP contribution in [-0.2, 0) is 6.54 Å². The maximum atomic E-state index is 5.81. The average molecular weight is 369 g/mol. The van der Waals surface area contributed by atoms with Crippen LogP contribution in [-0.4, -0.2) is 28.0 Å². The molecule has 1 aliphatic rings. The van der Waals surface area contributed by atoms with Crippen molar-refractivity contribution in [3.05, 3.63) is 20.8 Å². The molecule has 2 aromatic heterocycles. The maximum absolute atomic E-state index is 5.81. The third-order valence-corrected chi connectivity index (χ3v) is 5.30. The normalized spacial score (nSPS) is 15.2. The lowest BCUT2D eigenvalue weighted by Crippen LogP contribution is -2.31. The number of nitrogens with zero attached hydrogens (tertiary/aromatic N) is 4. The lowest BCUT2D eigenvalue weighted by molar-refractivity contribution is 0.568. The minimum absolute atomic E-state index is 0.262. The van der Waals surface area contributed by atoms with E-state index in [4.69, 9.17) is 5.73 Å². The van der Waals surface area contributed by atoms with E-state index in [0.29, 0.717) is 18.4 Å². The van der Waals surface area contributed by atoms with E-state index in [1.54, 1.807) is 11.3 Å². The van der Waals surface area contributed by atoms with Crippen molar-refractivity contribution in [1.29, 1.82) is 0 Å². The predicted molar refractivity (Wildman–Crippen MR) is 89.6 cm³/mol. The second-order valence-electron chi connectivity index (χ2n) is 4.91. The highest BCUT2D eigenvalue weighted by Crippen LogP contribution is 2.23. The van der Waals surface area contributed by atoms with Gasteiger partial charge in [0.15, 0.2) is 0 Å². The van der Waals surface area contributed by atoms with Crippen molar-refractivity contribution in [2.75, 3.05) is 29.0 Å². The number of hydrogen-bond acceptors (Lipinski definition) is 7. The minimum atomic E-state index is 0.262. The summed E-state index contributed by atoms with van der Waals surface area (Å²) in [5, 5.41) is 5.26. The Bertz CT molecular complexity index is 610. The minimum Gasteiger partial charge on any atom is -0.368 e. The first-order valence-electron chi connectivity index (χ1n) is 6.94.